The van der Waals surface area contributed by atoms with Crippen LogP contribution in [-0.4, -0.2) is 50.7 Å². The van der Waals surface area contributed by atoms with E-state index in [1.807, 2.05) is 0 Å². The van der Waals surface area contributed by atoms with Crippen LogP contribution in [0.2, 0.25) is 0 Å². The Balaban J connectivity index is 1.37. The van der Waals surface area contributed by atoms with E-state index < -0.39 is 0 Å². The van der Waals surface area contributed by atoms with Crippen LogP contribution >= 0.6 is 0 Å². The van der Waals surface area contributed by atoms with Gasteiger partial charge in [-0.25, -0.2) is 4.98 Å². The van der Waals surface area contributed by atoms with E-state index >= 15 is 0 Å². The number of aromatic nitrogens is 4. The topological polar surface area (TPSA) is 94.2 Å². The lowest BCUT2D eigenvalue weighted by molar-refractivity contribution is 0.0703. The van der Waals surface area contributed by atoms with Gasteiger partial charge in [0.2, 0.25) is 5.89 Å². The fourth-order valence-electron chi connectivity index (χ4n) is 3.03. The largest absolute Gasteiger partial charge is 0.381 e. The fraction of sp³-hybridized carbons (Fsp3) is 0.588. The van der Waals surface area contributed by atoms with Gasteiger partial charge in [0.15, 0.2) is 5.82 Å². The molecule has 1 saturated heterocycles. The number of nitrogens with zero attached hydrogens (tertiary/aromatic N) is 5. The van der Waals surface area contributed by atoms with Crippen LogP contribution in [0.1, 0.15) is 53.9 Å². The van der Waals surface area contributed by atoms with Crippen molar-refractivity contribution in [3.05, 3.63) is 36.0 Å². The van der Waals surface area contributed by atoms with Gasteiger partial charge in [-0.2, -0.15) is 4.98 Å². The van der Waals surface area contributed by atoms with Crippen molar-refractivity contribution in [2.24, 2.45) is 5.92 Å². The highest BCUT2D eigenvalue weighted by Crippen LogP contribution is 2.32. The van der Waals surface area contributed by atoms with Gasteiger partial charge in [-0.1, -0.05) is 5.16 Å². The average Bonchev–Trinajstić information content (AvgIpc) is 3.15. The molecule has 2 aromatic rings. The molecule has 1 aliphatic carbocycles. The highest BCUT2D eigenvalue weighted by Gasteiger charge is 2.35. The van der Waals surface area contributed by atoms with Crippen molar-refractivity contribution in [3.8, 4) is 0 Å². The first-order valence-electron chi connectivity index (χ1n) is 8.78. The molecule has 25 heavy (non-hydrogen) atoms. The Morgan fingerprint density at radius 1 is 1.32 bits per heavy atom. The molecule has 0 bridgehead atoms. The van der Waals surface area contributed by atoms with Crippen LogP contribution < -0.4 is 0 Å². The summed E-state index contributed by atoms with van der Waals surface area (Å²) in [5, 5.41) is 4.03. The van der Waals surface area contributed by atoms with Crippen molar-refractivity contribution in [1.82, 2.24) is 25.0 Å². The van der Waals surface area contributed by atoms with Gasteiger partial charge >= 0.3 is 0 Å². The summed E-state index contributed by atoms with van der Waals surface area (Å²) < 4.78 is 11.0. The normalized spacial score (nSPS) is 20.2. The lowest BCUT2D eigenvalue weighted by Gasteiger charge is -2.21. The van der Waals surface area contributed by atoms with E-state index in [1.165, 1.54) is 25.2 Å². The summed E-state index contributed by atoms with van der Waals surface area (Å²) in [5.41, 5.74) is 0.336. The summed E-state index contributed by atoms with van der Waals surface area (Å²) in [6.45, 7) is 2.08. The molecule has 2 aliphatic rings. The molecule has 8 nitrogen and oxygen atoms in total. The molecule has 4 rings (SSSR count). The molecule has 0 aromatic carbocycles. The summed E-state index contributed by atoms with van der Waals surface area (Å²) in [5.74, 6) is 1.72. The smallest absolute Gasteiger partial charge is 0.274 e. The molecule has 8 heteroatoms. The number of carbonyl (C=O) groups excluding carboxylic acids is 1. The summed E-state index contributed by atoms with van der Waals surface area (Å²) in [6, 6.07) is -0.192. The second kappa shape index (κ2) is 7.26. The van der Waals surface area contributed by atoms with E-state index in [-0.39, 0.29) is 11.9 Å². The lowest BCUT2D eigenvalue weighted by atomic mass is 10.2. The number of ether oxygens (including phenoxy) is 1. The van der Waals surface area contributed by atoms with E-state index in [9.17, 15) is 4.79 Å². The quantitative estimate of drug-likeness (QED) is 0.708. The summed E-state index contributed by atoms with van der Waals surface area (Å²) >= 11 is 0. The first kappa shape index (κ1) is 16.1. The molecular formula is C17H21N5O3. The van der Waals surface area contributed by atoms with Crippen molar-refractivity contribution in [1.29, 1.82) is 0 Å². The summed E-state index contributed by atoms with van der Waals surface area (Å²) in [6.07, 6.45) is 9.45. The molecule has 3 heterocycles. The molecular weight excluding hydrogens is 322 g/mol. The van der Waals surface area contributed by atoms with Crippen molar-refractivity contribution < 1.29 is 14.1 Å². The Morgan fingerprint density at radius 3 is 3.04 bits per heavy atom. The summed E-state index contributed by atoms with van der Waals surface area (Å²) in [7, 11) is 0. The van der Waals surface area contributed by atoms with E-state index in [4.69, 9.17) is 9.26 Å². The Morgan fingerprint density at radius 2 is 2.24 bits per heavy atom. The second-order valence-corrected chi connectivity index (χ2v) is 6.56. The third-order valence-electron chi connectivity index (χ3n) is 4.59. The number of hydrogen-bond acceptors (Lipinski definition) is 7. The van der Waals surface area contributed by atoms with Crippen molar-refractivity contribution in [2.75, 3.05) is 19.8 Å². The number of likely N-dealkylation sites (tertiary alicyclic amines) is 1. The highest BCUT2D eigenvalue weighted by molar-refractivity contribution is 5.92. The highest BCUT2D eigenvalue weighted by atomic mass is 16.5. The Bertz CT molecular complexity index is 716. The maximum atomic E-state index is 12.6. The first-order valence-corrected chi connectivity index (χ1v) is 8.78. The maximum Gasteiger partial charge on any atom is 0.274 e. The van der Waals surface area contributed by atoms with Crippen molar-refractivity contribution >= 4 is 5.91 Å². The van der Waals surface area contributed by atoms with Gasteiger partial charge < -0.3 is 14.2 Å². The van der Waals surface area contributed by atoms with Crippen molar-refractivity contribution in [2.45, 2.75) is 38.1 Å². The van der Waals surface area contributed by atoms with Crippen LogP contribution in [0.4, 0.5) is 0 Å². The third kappa shape index (κ3) is 3.84. The molecule has 1 saturated carbocycles. The molecule has 1 aliphatic heterocycles. The predicted molar refractivity (Wildman–Crippen MR) is 86.6 cm³/mol. The number of rotatable bonds is 7. The molecule has 2 aromatic heterocycles. The van der Waals surface area contributed by atoms with Crippen molar-refractivity contribution in [3.63, 3.8) is 0 Å². The monoisotopic (exact) mass is 343 g/mol. The SMILES string of the molecule is O=C(c1cnccn1)N1CCCC1c1nc(CCOCC2CC2)no1. The second-order valence-electron chi connectivity index (χ2n) is 6.56. The number of amides is 1. The molecule has 0 radical (unpaired) electrons. The van der Waals surface area contributed by atoms with Crippen LogP contribution in [0.25, 0.3) is 0 Å². The minimum absolute atomic E-state index is 0.150. The first-order chi connectivity index (χ1) is 12.3. The molecule has 1 atom stereocenters. The van der Waals surface area contributed by atoms with Gasteiger partial charge in [0.05, 0.1) is 12.8 Å². The van der Waals surface area contributed by atoms with Gasteiger partial charge in [-0.05, 0) is 31.6 Å². The molecule has 132 valence electrons. The molecule has 2 fully saturated rings. The Hall–Kier alpha value is -2.35. The van der Waals surface area contributed by atoms with E-state index in [0.29, 0.717) is 37.0 Å². The van der Waals surface area contributed by atoms with E-state index in [2.05, 4.69) is 20.1 Å². The number of hydrogen-bond donors (Lipinski definition) is 0. The van der Waals surface area contributed by atoms with Gasteiger partial charge in [-0.3, -0.25) is 9.78 Å². The number of carbonyl (C=O) groups is 1. The zero-order chi connectivity index (χ0) is 17.1. The van der Waals surface area contributed by atoms with Gasteiger partial charge in [0, 0.05) is 32.0 Å². The van der Waals surface area contributed by atoms with Crippen LogP contribution in [0.15, 0.2) is 23.1 Å². The fourth-order valence-corrected chi connectivity index (χ4v) is 3.03. The molecule has 0 spiro atoms. The van der Waals surface area contributed by atoms with E-state index in [0.717, 1.165) is 25.4 Å². The Labute approximate surface area is 145 Å². The minimum atomic E-state index is -0.192. The molecule has 1 unspecified atom stereocenters. The van der Waals surface area contributed by atoms with Gasteiger partial charge in [-0.15, -0.1) is 0 Å². The lowest BCUT2D eigenvalue weighted by Crippen LogP contribution is -2.31. The summed E-state index contributed by atoms with van der Waals surface area (Å²) in [4.78, 5) is 26.9. The third-order valence-corrected chi connectivity index (χ3v) is 4.59. The minimum Gasteiger partial charge on any atom is -0.381 e. The molecule has 1 amide bonds. The zero-order valence-electron chi connectivity index (χ0n) is 14.0. The maximum absolute atomic E-state index is 12.6. The van der Waals surface area contributed by atoms with Crippen LogP contribution in [0, 0.1) is 5.92 Å². The van der Waals surface area contributed by atoms with Crippen LogP contribution in [-0.2, 0) is 11.2 Å². The van der Waals surface area contributed by atoms with E-state index in [1.54, 1.807) is 11.1 Å². The standard InChI is InChI=1S/C17H21N5O3/c23-17(13-10-18-6-7-19-13)22-8-1-2-14(22)16-20-15(21-25-16)5-9-24-11-12-3-4-12/h6-7,10,12,14H,1-5,8-9,11H2. The van der Waals surface area contributed by atoms with Crippen LogP contribution in [0.5, 0.6) is 0 Å². The zero-order valence-corrected chi connectivity index (χ0v) is 14.0. The predicted octanol–water partition coefficient (Wildman–Crippen LogP) is 1.81. The average molecular weight is 343 g/mol. The van der Waals surface area contributed by atoms with Crippen LogP contribution in [0.3, 0.4) is 0 Å². The van der Waals surface area contributed by atoms with Gasteiger partial charge in [0.1, 0.15) is 11.7 Å². The van der Waals surface area contributed by atoms with Gasteiger partial charge in [0.25, 0.3) is 5.91 Å². The molecule has 0 N–H and O–H groups in total. The Kier molecular flexibility index (Phi) is 4.69.